The number of pyridine rings is 1. The summed E-state index contributed by atoms with van der Waals surface area (Å²) < 4.78 is 5.77. The van der Waals surface area contributed by atoms with E-state index in [4.69, 9.17) is 4.74 Å². The Morgan fingerprint density at radius 3 is 2.52 bits per heavy atom. The van der Waals surface area contributed by atoms with Gasteiger partial charge in [-0.2, -0.15) is 0 Å². The van der Waals surface area contributed by atoms with Crippen LogP contribution in [0.1, 0.15) is 19.5 Å². The Bertz CT molecular complexity index is 580. The molecule has 1 aliphatic rings. The number of nitrogens with zero attached hydrogens (tertiary/aromatic N) is 4. The predicted molar refractivity (Wildman–Crippen MR) is 80.5 cm³/mol. The second-order valence-corrected chi connectivity index (χ2v) is 5.56. The third-order valence-electron chi connectivity index (χ3n) is 3.53. The van der Waals surface area contributed by atoms with Crippen molar-refractivity contribution >= 4 is 0 Å². The van der Waals surface area contributed by atoms with Gasteiger partial charge in [0.1, 0.15) is 0 Å². The van der Waals surface area contributed by atoms with Crippen LogP contribution in [0, 0.1) is 0 Å². The molecule has 3 rings (SSSR count). The van der Waals surface area contributed by atoms with Gasteiger partial charge in [-0.1, -0.05) is 0 Å². The van der Waals surface area contributed by atoms with Crippen molar-refractivity contribution in [2.45, 2.75) is 32.6 Å². The van der Waals surface area contributed by atoms with Crippen molar-refractivity contribution in [1.29, 1.82) is 0 Å². The lowest BCUT2D eigenvalue weighted by Gasteiger charge is -2.35. The molecule has 110 valence electrons. The number of ether oxygens (including phenoxy) is 1. The van der Waals surface area contributed by atoms with E-state index in [1.165, 1.54) is 0 Å². The van der Waals surface area contributed by atoms with Gasteiger partial charge in [0.2, 0.25) is 0 Å². The Kier molecular flexibility index (Phi) is 4.22. The van der Waals surface area contributed by atoms with Crippen LogP contribution < -0.4 is 0 Å². The molecule has 21 heavy (non-hydrogen) atoms. The summed E-state index contributed by atoms with van der Waals surface area (Å²) in [5, 5.41) is 0. The number of rotatable bonds is 3. The van der Waals surface area contributed by atoms with Crippen molar-refractivity contribution < 1.29 is 4.74 Å². The van der Waals surface area contributed by atoms with Gasteiger partial charge in [-0.25, -0.2) is 9.97 Å². The SMILES string of the molecule is C[C@H]1CN(Cc2ccnc(-c3ccncc3)n2)C[C@H](C)O1. The monoisotopic (exact) mass is 284 g/mol. The van der Waals surface area contributed by atoms with Crippen LogP contribution in [0.4, 0.5) is 0 Å². The highest BCUT2D eigenvalue weighted by Gasteiger charge is 2.22. The van der Waals surface area contributed by atoms with Crippen molar-refractivity contribution in [1.82, 2.24) is 19.9 Å². The lowest BCUT2D eigenvalue weighted by Crippen LogP contribution is -2.44. The molecular formula is C16H20N4O. The maximum Gasteiger partial charge on any atom is 0.159 e. The summed E-state index contributed by atoms with van der Waals surface area (Å²) in [6.07, 6.45) is 5.89. The maximum absolute atomic E-state index is 5.77. The Hall–Kier alpha value is -1.85. The van der Waals surface area contributed by atoms with Crippen LogP contribution in [0.2, 0.25) is 0 Å². The number of morpholine rings is 1. The lowest BCUT2D eigenvalue weighted by atomic mass is 10.2. The number of hydrogen-bond acceptors (Lipinski definition) is 5. The summed E-state index contributed by atoms with van der Waals surface area (Å²) in [5.74, 6) is 0.754. The van der Waals surface area contributed by atoms with Gasteiger partial charge >= 0.3 is 0 Å². The highest BCUT2D eigenvalue weighted by atomic mass is 16.5. The fourth-order valence-electron chi connectivity index (χ4n) is 2.77. The molecule has 0 N–H and O–H groups in total. The van der Waals surface area contributed by atoms with Crippen LogP contribution in [0.15, 0.2) is 36.8 Å². The zero-order chi connectivity index (χ0) is 14.7. The molecule has 0 saturated carbocycles. The summed E-state index contributed by atoms with van der Waals surface area (Å²) >= 11 is 0. The first-order valence-electron chi connectivity index (χ1n) is 7.31. The Labute approximate surface area is 125 Å². The van der Waals surface area contributed by atoms with E-state index in [0.717, 1.165) is 36.7 Å². The quantitative estimate of drug-likeness (QED) is 0.864. The Balaban J connectivity index is 1.74. The fourth-order valence-corrected chi connectivity index (χ4v) is 2.77. The molecule has 0 spiro atoms. The van der Waals surface area contributed by atoms with Crippen LogP contribution in [-0.4, -0.2) is 45.1 Å². The van der Waals surface area contributed by atoms with Crippen LogP contribution in [0.5, 0.6) is 0 Å². The molecule has 0 aliphatic carbocycles. The van der Waals surface area contributed by atoms with Gasteiger partial charge in [0.05, 0.1) is 17.9 Å². The minimum atomic E-state index is 0.273. The molecule has 2 aromatic heterocycles. The fraction of sp³-hybridized carbons (Fsp3) is 0.438. The molecule has 5 heteroatoms. The zero-order valence-corrected chi connectivity index (χ0v) is 12.4. The molecule has 0 unspecified atom stereocenters. The Morgan fingerprint density at radius 2 is 1.81 bits per heavy atom. The minimum Gasteiger partial charge on any atom is -0.373 e. The maximum atomic E-state index is 5.77. The number of hydrogen-bond donors (Lipinski definition) is 0. The highest BCUT2D eigenvalue weighted by Crippen LogP contribution is 2.16. The van der Waals surface area contributed by atoms with E-state index in [2.05, 4.69) is 33.7 Å². The van der Waals surface area contributed by atoms with E-state index in [9.17, 15) is 0 Å². The summed E-state index contributed by atoms with van der Waals surface area (Å²) in [6, 6.07) is 5.84. The smallest absolute Gasteiger partial charge is 0.159 e. The molecule has 1 fully saturated rings. The van der Waals surface area contributed by atoms with Crippen molar-refractivity contribution in [2.24, 2.45) is 0 Å². The zero-order valence-electron chi connectivity index (χ0n) is 12.4. The van der Waals surface area contributed by atoms with Crippen molar-refractivity contribution in [3.63, 3.8) is 0 Å². The van der Waals surface area contributed by atoms with E-state index < -0.39 is 0 Å². The summed E-state index contributed by atoms with van der Waals surface area (Å²) in [6.45, 7) is 6.95. The van der Waals surface area contributed by atoms with E-state index >= 15 is 0 Å². The van der Waals surface area contributed by atoms with Gasteiger partial charge in [-0.05, 0) is 32.0 Å². The van der Waals surface area contributed by atoms with E-state index in [0.29, 0.717) is 0 Å². The first-order chi connectivity index (χ1) is 10.2. The molecule has 0 aromatic carbocycles. The van der Waals surface area contributed by atoms with E-state index in [1.807, 2.05) is 24.4 Å². The average Bonchev–Trinajstić information content (AvgIpc) is 2.47. The predicted octanol–water partition coefficient (Wildman–Crippen LogP) is 2.15. The van der Waals surface area contributed by atoms with Crippen LogP contribution >= 0.6 is 0 Å². The van der Waals surface area contributed by atoms with Crippen LogP contribution in [-0.2, 0) is 11.3 Å². The molecule has 5 nitrogen and oxygen atoms in total. The average molecular weight is 284 g/mol. The molecule has 0 bridgehead atoms. The molecular weight excluding hydrogens is 264 g/mol. The molecule has 1 aliphatic heterocycles. The summed E-state index contributed by atoms with van der Waals surface area (Å²) in [7, 11) is 0. The van der Waals surface area contributed by atoms with Crippen LogP contribution in [0.25, 0.3) is 11.4 Å². The van der Waals surface area contributed by atoms with Gasteiger partial charge < -0.3 is 4.74 Å². The summed E-state index contributed by atoms with van der Waals surface area (Å²) in [4.78, 5) is 15.4. The third-order valence-corrected chi connectivity index (χ3v) is 3.53. The van der Waals surface area contributed by atoms with E-state index in [1.54, 1.807) is 12.4 Å². The largest absolute Gasteiger partial charge is 0.373 e. The van der Waals surface area contributed by atoms with Gasteiger partial charge in [-0.15, -0.1) is 0 Å². The van der Waals surface area contributed by atoms with Gasteiger partial charge in [0.15, 0.2) is 5.82 Å². The lowest BCUT2D eigenvalue weighted by molar-refractivity contribution is -0.0707. The molecule has 0 radical (unpaired) electrons. The molecule has 1 saturated heterocycles. The highest BCUT2D eigenvalue weighted by molar-refractivity contribution is 5.53. The van der Waals surface area contributed by atoms with Crippen LogP contribution in [0.3, 0.4) is 0 Å². The third kappa shape index (κ3) is 3.62. The normalized spacial score (nSPS) is 23.1. The topological polar surface area (TPSA) is 51.1 Å². The van der Waals surface area contributed by atoms with Crippen molar-refractivity contribution in [2.75, 3.05) is 13.1 Å². The van der Waals surface area contributed by atoms with Crippen molar-refractivity contribution in [3.05, 3.63) is 42.5 Å². The second-order valence-electron chi connectivity index (χ2n) is 5.56. The summed E-state index contributed by atoms with van der Waals surface area (Å²) in [5.41, 5.74) is 2.04. The minimum absolute atomic E-state index is 0.273. The second kappa shape index (κ2) is 6.28. The first-order valence-corrected chi connectivity index (χ1v) is 7.31. The standard InChI is InChI=1S/C16H20N4O/c1-12-9-20(10-13(2)21-12)11-15-5-8-18-16(19-15)14-3-6-17-7-4-14/h3-8,12-13H,9-11H2,1-2H3/t12-,13-/m0/s1. The molecule has 2 atom stereocenters. The molecule has 0 amide bonds. The molecule has 3 heterocycles. The van der Waals surface area contributed by atoms with Gasteiger partial charge in [0, 0.05) is 43.8 Å². The van der Waals surface area contributed by atoms with Gasteiger partial charge in [0.25, 0.3) is 0 Å². The first kappa shape index (κ1) is 14.1. The Morgan fingerprint density at radius 1 is 1.10 bits per heavy atom. The van der Waals surface area contributed by atoms with Crippen molar-refractivity contribution in [3.8, 4) is 11.4 Å². The van der Waals surface area contributed by atoms with Gasteiger partial charge in [-0.3, -0.25) is 9.88 Å². The van der Waals surface area contributed by atoms with E-state index in [-0.39, 0.29) is 12.2 Å². The number of aromatic nitrogens is 3. The molecule has 2 aromatic rings.